The van der Waals surface area contributed by atoms with Gasteiger partial charge in [0.1, 0.15) is 0 Å². The molecule has 1 saturated heterocycles. The molecule has 0 spiro atoms. The van der Waals surface area contributed by atoms with Gasteiger partial charge in [0.05, 0.1) is 4.75 Å². The second-order valence-corrected chi connectivity index (χ2v) is 10.1. The summed E-state index contributed by atoms with van der Waals surface area (Å²) in [5.41, 5.74) is 0.329. The summed E-state index contributed by atoms with van der Waals surface area (Å²) < 4.78 is 29.4. The van der Waals surface area contributed by atoms with Crippen molar-refractivity contribution in [2.45, 2.75) is 63.5 Å². The Morgan fingerprint density at radius 3 is 2.24 bits per heavy atom. The highest BCUT2D eigenvalue weighted by molar-refractivity contribution is 7.92. The van der Waals surface area contributed by atoms with Crippen LogP contribution in [0.1, 0.15) is 58.8 Å². The summed E-state index contributed by atoms with van der Waals surface area (Å²) in [6, 6.07) is 0. The second-order valence-electron chi connectivity index (χ2n) is 7.68. The highest BCUT2D eigenvalue weighted by atomic mass is 32.2. The fraction of sp³-hybridized carbons (Fsp3) is 0.944. The fourth-order valence-corrected chi connectivity index (χ4v) is 5.25. The number of guanidine groups is 1. The van der Waals surface area contributed by atoms with E-state index in [4.69, 9.17) is 9.73 Å². The van der Waals surface area contributed by atoms with E-state index in [0.29, 0.717) is 38.0 Å². The number of aliphatic imine (C=N–C) groups is 1. The van der Waals surface area contributed by atoms with Crippen LogP contribution in [0.15, 0.2) is 4.99 Å². The third-order valence-electron chi connectivity index (χ3n) is 6.10. The van der Waals surface area contributed by atoms with E-state index in [-0.39, 0.29) is 0 Å². The molecule has 146 valence electrons. The quantitative estimate of drug-likeness (QED) is 0.528. The van der Waals surface area contributed by atoms with E-state index in [1.54, 1.807) is 0 Å². The van der Waals surface area contributed by atoms with Crippen LogP contribution in [0.2, 0.25) is 0 Å². The Balaban J connectivity index is 2.05. The average Bonchev–Trinajstić information content (AvgIpc) is 3.07. The van der Waals surface area contributed by atoms with Crippen molar-refractivity contribution in [3.05, 3.63) is 0 Å². The van der Waals surface area contributed by atoms with Crippen LogP contribution >= 0.6 is 0 Å². The zero-order valence-electron chi connectivity index (χ0n) is 16.1. The number of nitrogens with zero attached hydrogens (tertiary/aromatic N) is 1. The first-order valence-electron chi connectivity index (χ1n) is 9.66. The average molecular weight is 374 g/mol. The van der Waals surface area contributed by atoms with Crippen molar-refractivity contribution >= 4 is 15.8 Å². The number of ether oxygens (including phenoxy) is 1. The van der Waals surface area contributed by atoms with E-state index >= 15 is 0 Å². The normalized spacial score (nSPS) is 23.4. The molecule has 0 amide bonds. The molecule has 0 atom stereocenters. The van der Waals surface area contributed by atoms with E-state index in [1.807, 2.05) is 6.92 Å². The fourth-order valence-electron chi connectivity index (χ4n) is 4.00. The molecule has 0 aromatic rings. The predicted octanol–water partition coefficient (Wildman–Crippen LogP) is 2.11. The van der Waals surface area contributed by atoms with Gasteiger partial charge in [-0.25, -0.2) is 8.42 Å². The van der Waals surface area contributed by atoms with Gasteiger partial charge in [-0.2, -0.15) is 0 Å². The largest absolute Gasteiger partial charge is 0.381 e. The minimum atomic E-state index is -3.17. The monoisotopic (exact) mass is 373 g/mol. The van der Waals surface area contributed by atoms with Gasteiger partial charge in [-0.05, 0) is 44.4 Å². The Labute approximate surface area is 153 Å². The number of hydrogen-bond donors (Lipinski definition) is 2. The van der Waals surface area contributed by atoms with Gasteiger partial charge < -0.3 is 15.4 Å². The van der Waals surface area contributed by atoms with Gasteiger partial charge in [-0.15, -0.1) is 0 Å². The van der Waals surface area contributed by atoms with Crippen molar-refractivity contribution in [2.24, 2.45) is 10.4 Å². The highest BCUT2D eigenvalue weighted by Crippen LogP contribution is 2.41. The molecule has 1 aliphatic carbocycles. The third-order valence-corrected chi connectivity index (χ3v) is 8.23. The Bertz CT molecular complexity index is 548. The van der Waals surface area contributed by atoms with Crippen LogP contribution in [0.3, 0.4) is 0 Å². The van der Waals surface area contributed by atoms with E-state index in [1.165, 1.54) is 31.9 Å². The lowest BCUT2D eigenvalue weighted by Crippen LogP contribution is -2.53. The highest BCUT2D eigenvalue weighted by Gasteiger charge is 2.42. The van der Waals surface area contributed by atoms with Gasteiger partial charge in [0.2, 0.25) is 0 Å². The van der Waals surface area contributed by atoms with E-state index < -0.39 is 14.6 Å². The summed E-state index contributed by atoms with van der Waals surface area (Å²) in [5.74, 6) is 0.733. The summed E-state index contributed by atoms with van der Waals surface area (Å²) in [6.45, 7) is 7.25. The Hall–Kier alpha value is -0.820. The maximum Gasteiger partial charge on any atom is 0.191 e. The third kappa shape index (κ3) is 5.09. The second kappa shape index (κ2) is 8.71. The Morgan fingerprint density at radius 2 is 1.72 bits per heavy atom. The van der Waals surface area contributed by atoms with Crippen molar-refractivity contribution in [3.63, 3.8) is 0 Å². The van der Waals surface area contributed by atoms with Crippen molar-refractivity contribution in [1.29, 1.82) is 0 Å². The summed E-state index contributed by atoms with van der Waals surface area (Å²) in [5, 5.41) is 6.58. The molecule has 2 rings (SSSR count). The van der Waals surface area contributed by atoms with Crippen molar-refractivity contribution in [2.75, 3.05) is 39.1 Å². The molecule has 0 unspecified atom stereocenters. The minimum absolute atomic E-state index is 0.329. The van der Waals surface area contributed by atoms with Crippen molar-refractivity contribution in [1.82, 2.24) is 10.6 Å². The van der Waals surface area contributed by atoms with E-state index in [2.05, 4.69) is 17.6 Å². The van der Waals surface area contributed by atoms with E-state index in [9.17, 15) is 8.42 Å². The maximum atomic E-state index is 12.4. The van der Waals surface area contributed by atoms with E-state index in [0.717, 1.165) is 25.5 Å². The summed E-state index contributed by atoms with van der Waals surface area (Å²) >= 11 is 0. The first-order valence-corrected chi connectivity index (χ1v) is 11.6. The Kier molecular flexibility index (Phi) is 7.14. The van der Waals surface area contributed by atoms with Gasteiger partial charge in [0, 0.05) is 39.1 Å². The van der Waals surface area contributed by atoms with Crippen molar-refractivity contribution < 1.29 is 13.2 Å². The summed E-state index contributed by atoms with van der Waals surface area (Å²) in [4.78, 5) is 4.80. The topological polar surface area (TPSA) is 79.8 Å². The molecule has 1 aliphatic heterocycles. The van der Waals surface area contributed by atoms with Gasteiger partial charge in [0.25, 0.3) is 0 Å². The van der Waals surface area contributed by atoms with Crippen LogP contribution in [-0.2, 0) is 14.6 Å². The lowest BCUT2D eigenvalue weighted by molar-refractivity contribution is 0.0756. The number of sulfone groups is 1. The molecule has 2 aliphatic rings. The van der Waals surface area contributed by atoms with Crippen LogP contribution in [0, 0.1) is 5.41 Å². The zero-order valence-corrected chi connectivity index (χ0v) is 16.9. The molecule has 0 aromatic heterocycles. The Morgan fingerprint density at radius 1 is 1.08 bits per heavy atom. The minimum Gasteiger partial charge on any atom is -0.381 e. The van der Waals surface area contributed by atoms with Crippen LogP contribution in [0.5, 0.6) is 0 Å². The predicted molar refractivity (Wildman–Crippen MR) is 103 cm³/mol. The molecule has 25 heavy (non-hydrogen) atoms. The first kappa shape index (κ1) is 20.5. The molecule has 2 N–H and O–H groups in total. The summed E-state index contributed by atoms with van der Waals surface area (Å²) in [6.07, 6.45) is 8.66. The molecule has 0 radical (unpaired) electrons. The zero-order chi connectivity index (χ0) is 18.4. The van der Waals surface area contributed by atoms with Crippen LogP contribution in [-0.4, -0.2) is 58.2 Å². The van der Waals surface area contributed by atoms with Crippen molar-refractivity contribution in [3.8, 4) is 0 Å². The molecule has 1 heterocycles. The van der Waals surface area contributed by atoms with Crippen LogP contribution in [0.4, 0.5) is 0 Å². The van der Waals surface area contributed by atoms with Crippen LogP contribution < -0.4 is 10.6 Å². The SMILES string of the molecule is CCNC(=NCC1(CC)CCCC1)NCC1(S(C)(=O)=O)CCOCC1. The number of hydrogen-bond acceptors (Lipinski definition) is 4. The van der Waals surface area contributed by atoms with Gasteiger partial charge >= 0.3 is 0 Å². The molecular formula is C18H35N3O3S. The smallest absolute Gasteiger partial charge is 0.191 e. The standard InChI is InChI=1S/C18H35N3O3S/c1-4-17(8-6-7-9-17)14-20-16(19-5-2)21-15-18(25(3,22)23)10-12-24-13-11-18/h4-15H2,1-3H3,(H2,19,20,21). The maximum absolute atomic E-state index is 12.4. The molecule has 0 aromatic carbocycles. The molecule has 6 nitrogen and oxygen atoms in total. The van der Waals surface area contributed by atoms with Gasteiger partial charge in [-0.1, -0.05) is 19.8 Å². The molecule has 0 bridgehead atoms. The number of nitrogens with one attached hydrogen (secondary N) is 2. The molecular weight excluding hydrogens is 338 g/mol. The van der Waals surface area contributed by atoms with Gasteiger partial charge in [0.15, 0.2) is 15.8 Å². The lowest BCUT2D eigenvalue weighted by Gasteiger charge is -2.36. The molecule has 7 heteroatoms. The summed E-state index contributed by atoms with van der Waals surface area (Å²) in [7, 11) is -3.17. The first-order chi connectivity index (χ1) is 11.9. The molecule has 1 saturated carbocycles. The number of rotatable bonds is 7. The van der Waals surface area contributed by atoms with Gasteiger partial charge in [-0.3, -0.25) is 4.99 Å². The lowest BCUT2D eigenvalue weighted by atomic mass is 9.84. The molecule has 2 fully saturated rings. The van der Waals surface area contributed by atoms with Crippen LogP contribution in [0.25, 0.3) is 0 Å².